The van der Waals surface area contributed by atoms with Crippen LogP contribution >= 0.6 is 0 Å². The van der Waals surface area contributed by atoms with Crippen molar-refractivity contribution in [2.75, 3.05) is 32.9 Å². The third-order valence-electron chi connectivity index (χ3n) is 3.63. The molecule has 0 aliphatic carbocycles. The third-order valence-corrected chi connectivity index (χ3v) is 3.63. The first kappa shape index (κ1) is 12.3. The van der Waals surface area contributed by atoms with E-state index in [4.69, 9.17) is 5.73 Å². The Kier molecular flexibility index (Phi) is 3.64. The first-order valence-electron chi connectivity index (χ1n) is 6.16. The lowest BCUT2D eigenvalue weighted by atomic mass is 10.1. The molecule has 1 aromatic heterocycles. The van der Waals surface area contributed by atoms with Crippen molar-refractivity contribution in [1.82, 2.24) is 14.8 Å². The molecule has 17 heavy (non-hydrogen) atoms. The zero-order valence-electron chi connectivity index (χ0n) is 10.9. The van der Waals surface area contributed by atoms with Gasteiger partial charge < -0.3 is 10.6 Å². The Morgan fingerprint density at radius 1 is 1.47 bits per heavy atom. The summed E-state index contributed by atoms with van der Waals surface area (Å²) in [6.45, 7) is 5.48. The first-order chi connectivity index (χ1) is 8.08. The van der Waals surface area contributed by atoms with Crippen LogP contribution in [-0.2, 0) is 6.54 Å². The van der Waals surface area contributed by atoms with Crippen molar-refractivity contribution >= 4 is 5.82 Å². The Labute approximate surface area is 103 Å². The first-order valence-corrected chi connectivity index (χ1v) is 6.16. The summed E-state index contributed by atoms with van der Waals surface area (Å²) in [4.78, 5) is 8.91. The molecule has 0 radical (unpaired) electrons. The summed E-state index contributed by atoms with van der Waals surface area (Å²) < 4.78 is 0. The van der Waals surface area contributed by atoms with Crippen molar-refractivity contribution < 1.29 is 0 Å². The van der Waals surface area contributed by atoms with Crippen LogP contribution in [-0.4, -0.2) is 48.0 Å². The van der Waals surface area contributed by atoms with E-state index >= 15 is 0 Å². The molecule has 0 aromatic carbocycles. The van der Waals surface area contributed by atoms with Gasteiger partial charge in [-0.3, -0.25) is 4.90 Å². The number of anilines is 1. The van der Waals surface area contributed by atoms with Crippen LogP contribution in [0.1, 0.15) is 12.5 Å². The van der Waals surface area contributed by atoms with Crippen molar-refractivity contribution in [2.24, 2.45) is 5.92 Å². The third kappa shape index (κ3) is 2.76. The van der Waals surface area contributed by atoms with Gasteiger partial charge in [0.1, 0.15) is 5.82 Å². The van der Waals surface area contributed by atoms with Gasteiger partial charge in [0.2, 0.25) is 0 Å². The second-order valence-corrected chi connectivity index (χ2v) is 5.25. The Morgan fingerprint density at radius 3 is 2.82 bits per heavy atom. The van der Waals surface area contributed by atoms with Crippen LogP contribution < -0.4 is 5.73 Å². The predicted octanol–water partition coefficient (Wildman–Crippen LogP) is 1.05. The number of rotatable bonds is 3. The van der Waals surface area contributed by atoms with Crippen LogP contribution in [0.2, 0.25) is 0 Å². The van der Waals surface area contributed by atoms with Crippen LogP contribution in [0.15, 0.2) is 18.3 Å². The van der Waals surface area contributed by atoms with Crippen molar-refractivity contribution in [3.05, 3.63) is 23.9 Å². The van der Waals surface area contributed by atoms with E-state index in [9.17, 15) is 0 Å². The molecule has 4 heteroatoms. The number of hydrogen-bond donors (Lipinski definition) is 1. The molecule has 1 aromatic rings. The van der Waals surface area contributed by atoms with Gasteiger partial charge in [-0.15, -0.1) is 0 Å². The summed E-state index contributed by atoms with van der Waals surface area (Å²) in [5.74, 6) is 1.37. The fraction of sp³-hybridized carbons (Fsp3) is 0.615. The van der Waals surface area contributed by atoms with E-state index in [-0.39, 0.29) is 0 Å². The Bertz CT molecular complexity index is 377. The molecule has 1 aliphatic rings. The van der Waals surface area contributed by atoms with E-state index in [1.807, 2.05) is 6.07 Å². The highest BCUT2D eigenvalue weighted by Gasteiger charge is 2.30. The highest BCUT2D eigenvalue weighted by Crippen LogP contribution is 2.22. The van der Waals surface area contributed by atoms with Gasteiger partial charge in [-0.2, -0.15) is 0 Å². The summed E-state index contributed by atoms with van der Waals surface area (Å²) in [6.07, 6.45) is 1.74. The molecule has 2 heterocycles. The molecule has 1 aliphatic heterocycles. The SMILES string of the molecule is CC1CN(Cc2cccnc2N)CC1N(C)C. The van der Waals surface area contributed by atoms with Crippen molar-refractivity contribution in [1.29, 1.82) is 0 Å². The maximum atomic E-state index is 5.88. The number of likely N-dealkylation sites (N-methyl/N-ethyl adjacent to an activating group) is 1. The summed E-state index contributed by atoms with van der Waals surface area (Å²) in [5.41, 5.74) is 7.02. The molecule has 0 amide bonds. The monoisotopic (exact) mass is 234 g/mol. The lowest BCUT2D eigenvalue weighted by Gasteiger charge is -2.22. The summed E-state index contributed by atoms with van der Waals surface area (Å²) in [5, 5.41) is 0. The standard InChI is InChI=1S/C13H22N4/c1-10-7-17(9-12(10)16(2)3)8-11-5-4-6-15-13(11)14/h4-6,10,12H,7-9H2,1-3H3,(H2,14,15). The lowest BCUT2D eigenvalue weighted by Crippen LogP contribution is -2.34. The fourth-order valence-electron chi connectivity index (χ4n) is 2.67. The fourth-order valence-corrected chi connectivity index (χ4v) is 2.67. The summed E-state index contributed by atoms with van der Waals surface area (Å²) in [6, 6.07) is 4.66. The van der Waals surface area contributed by atoms with Gasteiger partial charge in [-0.1, -0.05) is 13.0 Å². The van der Waals surface area contributed by atoms with Crippen LogP contribution in [0.5, 0.6) is 0 Å². The highest BCUT2D eigenvalue weighted by atomic mass is 15.2. The molecule has 1 fully saturated rings. The maximum absolute atomic E-state index is 5.88. The van der Waals surface area contributed by atoms with E-state index in [1.165, 1.54) is 0 Å². The van der Waals surface area contributed by atoms with Crippen LogP contribution in [0, 0.1) is 5.92 Å². The normalized spacial score (nSPS) is 25.6. The zero-order chi connectivity index (χ0) is 12.4. The molecule has 1 saturated heterocycles. The second-order valence-electron chi connectivity index (χ2n) is 5.25. The molecule has 2 rings (SSSR count). The molecule has 0 saturated carbocycles. The molecular weight excluding hydrogens is 212 g/mol. The van der Waals surface area contributed by atoms with E-state index < -0.39 is 0 Å². The van der Waals surface area contributed by atoms with Gasteiger partial charge in [0, 0.05) is 37.4 Å². The van der Waals surface area contributed by atoms with Crippen molar-refractivity contribution in [2.45, 2.75) is 19.5 Å². The number of nitrogens with two attached hydrogens (primary N) is 1. The molecule has 4 nitrogen and oxygen atoms in total. The molecule has 2 atom stereocenters. The summed E-state index contributed by atoms with van der Waals surface area (Å²) >= 11 is 0. The quantitative estimate of drug-likeness (QED) is 0.849. The lowest BCUT2D eigenvalue weighted by molar-refractivity contribution is 0.250. The van der Waals surface area contributed by atoms with Gasteiger partial charge in [0.25, 0.3) is 0 Å². The topological polar surface area (TPSA) is 45.4 Å². The minimum atomic E-state index is 0.646. The molecule has 94 valence electrons. The smallest absolute Gasteiger partial charge is 0.127 e. The van der Waals surface area contributed by atoms with Gasteiger partial charge >= 0.3 is 0 Å². The molecule has 0 bridgehead atoms. The van der Waals surface area contributed by atoms with Gasteiger partial charge in [0.15, 0.2) is 0 Å². The molecule has 0 spiro atoms. The van der Waals surface area contributed by atoms with Crippen molar-refractivity contribution in [3.8, 4) is 0 Å². The number of nitrogens with zero attached hydrogens (tertiary/aromatic N) is 3. The Hall–Kier alpha value is -1.13. The highest BCUT2D eigenvalue weighted by molar-refractivity contribution is 5.38. The number of nitrogen functional groups attached to an aromatic ring is 1. The minimum Gasteiger partial charge on any atom is -0.383 e. The molecular formula is C13H22N4. The van der Waals surface area contributed by atoms with E-state index in [0.29, 0.717) is 17.8 Å². The predicted molar refractivity (Wildman–Crippen MR) is 70.6 cm³/mol. The number of likely N-dealkylation sites (tertiary alicyclic amines) is 1. The molecule has 2 unspecified atom stereocenters. The van der Waals surface area contributed by atoms with Gasteiger partial charge in [0.05, 0.1) is 0 Å². The largest absolute Gasteiger partial charge is 0.383 e. The van der Waals surface area contributed by atoms with E-state index in [0.717, 1.165) is 25.2 Å². The van der Waals surface area contributed by atoms with Crippen molar-refractivity contribution in [3.63, 3.8) is 0 Å². The summed E-state index contributed by atoms with van der Waals surface area (Å²) in [7, 11) is 4.31. The van der Waals surface area contributed by atoms with Crippen LogP contribution in [0.25, 0.3) is 0 Å². The number of hydrogen-bond acceptors (Lipinski definition) is 4. The second kappa shape index (κ2) is 5.02. The van der Waals surface area contributed by atoms with Gasteiger partial charge in [-0.05, 0) is 26.1 Å². The number of pyridine rings is 1. The Morgan fingerprint density at radius 2 is 2.24 bits per heavy atom. The van der Waals surface area contributed by atoms with Crippen LogP contribution in [0.4, 0.5) is 5.82 Å². The Balaban J connectivity index is 2.00. The van der Waals surface area contributed by atoms with Gasteiger partial charge in [-0.25, -0.2) is 4.98 Å². The van der Waals surface area contributed by atoms with E-state index in [1.54, 1.807) is 6.20 Å². The average Bonchev–Trinajstić information content (AvgIpc) is 2.63. The average molecular weight is 234 g/mol. The maximum Gasteiger partial charge on any atom is 0.127 e. The van der Waals surface area contributed by atoms with Crippen LogP contribution in [0.3, 0.4) is 0 Å². The van der Waals surface area contributed by atoms with E-state index in [2.05, 4.69) is 41.9 Å². The molecule has 2 N–H and O–H groups in total. The minimum absolute atomic E-state index is 0.646. The zero-order valence-corrected chi connectivity index (χ0v) is 10.9. The number of aromatic nitrogens is 1.